The van der Waals surface area contributed by atoms with Crippen molar-refractivity contribution in [2.24, 2.45) is 0 Å². The molecule has 0 aliphatic rings. The summed E-state index contributed by atoms with van der Waals surface area (Å²) in [6.45, 7) is 15.5. The molecular weight excluding hydrogens is 821 g/mol. The van der Waals surface area contributed by atoms with Gasteiger partial charge < -0.3 is 28.7 Å². The summed E-state index contributed by atoms with van der Waals surface area (Å²) in [7, 11) is 0. The van der Waals surface area contributed by atoms with Crippen LogP contribution < -0.4 is 21.9 Å². The van der Waals surface area contributed by atoms with Crippen molar-refractivity contribution in [3.8, 4) is 33.6 Å². The maximum atomic E-state index is 15.1. The van der Waals surface area contributed by atoms with Gasteiger partial charge in [0.15, 0.2) is 10.9 Å². The van der Waals surface area contributed by atoms with Gasteiger partial charge in [-0.25, -0.2) is 22.4 Å². The molecule has 8 aromatic rings. The van der Waals surface area contributed by atoms with Crippen LogP contribution in [0.3, 0.4) is 0 Å². The molecule has 0 bridgehead atoms. The highest BCUT2D eigenvalue weighted by Crippen LogP contribution is 2.34. The van der Waals surface area contributed by atoms with Crippen molar-refractivity contribution in [3.63, 3.8) is 0 Å². The second-order valence-corrected chi connectivity index (χ2v) is 16.1. The quantitative estimate of drug-likeness (QED) is 0.127. The van der Waals surface area contributed by atoms with Gasteiger partial charge in [-0.1, -0.05) is 22.4 Å². The highest BCUT2D eigenvalue weighted by Gasteiger charge is 2.22. The number of hydrogen-bond donors (Lipinski definition) is 2. The summed E-state index contributed by atoms with van der Waals surface area (Å²) in [5.74, 6) is -2.21. The van der Waals surface area contributed by atoms with E-state index >= 15 is 4.39 Å². The smallest absolute Gasteiger partial charge is 0.412 e. The van der Waals surface area contributed by atoms with Gasteiger partial charge in [-0.05, 0) is 110 Å². The van der Waals surface area contributed by atoms with E-state index in [-0.39, 0.29) is 33.6 Å². The normalized spacial score (nSPS) is 11.5. The van der Waals surface area contributed by atoms with Crippen LogP contribution in [0.2, 0.25) is 0 Å². The van der Waals surface area contributed by atoms with Crippen molar-refractivity contribution >= 4 is 39.3 Å². The van der Waals surface area contributed by atoms with Crippen molar-refractivity contribution < 1.29 is 36.1 Å². The van der Waals surface area contributed by atoms with Gasteiger partial charge in [-0.3, -0.25) is 14.9 Å². The van der Waals surface area contributed by atoms with Gasteiger partial charge in [-0.15, -0.1) is 0 Å². The number of benzene rings is 4. The van der Waals surface area contributed by atoms with E-state index in [1.54, 1.807) is 96.4 Å². The number of pyridine rings is 2. The Labute approximate surface area is 357 Å². The fourth-order valence-corrected chi connectivity index (χ4v) is 7.58. The molecule has 0 saturated heterocycles. The average Bonchev–Trinajstić information content (AvgIpc) is 3.72. The van der Waals surface area contributed by atoms with E-state index in [1.165, 1.54) is 28.8 Å². The molecule has 0 aliphatic carbocycles. The van der Waals surface area contributed by atoms with Crippen LogP contribution in [0.15, 0.2) is 91.4 Å². The van der Waals surface area contributed by atoms with Crippen molar-refractivity contribution in [1.29, 1.82) is 0 Å². The Balaban J connectivity index is 0.000000193. The van der Waals surface area contributed by atoms with Crippen LogP contribution in [-0.4, -0.2) is 31.1 Å². The minimum Gasteiger partial charge on any atom is -0.444 e. The third-order valence-corrected chi connectivity index (χ3v) is 10.3. The SMILES string of the molecule is Cc1noc(C)c1-c1ccc2c(=O)cc(C)n(-c3cc(N)c(F)cc3F)c2c1.Cc1noc(C)c1-c1ccc2c(=O)cc(C)n(-c3cc(NC(=O)OC(C)(C)C)c(F)cc3F)c2c1. The predicted molar refractivity (Wildman–Crippen MR) is 233 cm³/mol. The fraction of sp³-hybridized carbons (Fsp3) is 0.213. The number of hydrogen-bond acceptors (Lipinski definition) is 9. The summed E-state index contributed by atoms with van der Waals surface area (Å²) in [5, 5.41) is 11.0. The number of aromatic nitrogens is 4. The van der Waals surface area contributed by atoms with Crippen molar-refractivity contribution in [3.05, 3.63) is 151 Å². The monoisotopic (exact) mass is 862 g/mol. The Morgan fingerprint density at radius 1 is 0.635 bits per heavy atom. The maximum absolute atomic E-state index is 15.1. The van der Waals surface area contributed by atoms with E-state index in [0.717, 1.165) is 28.3 Å². The molecule has 1 amide bonds. The Morgan fingerprint density at radius 3 is 1.51 bits per heavy atom. The summed E-state index contributed by atoms with van der Waals surface area (Å²) >= 11 is 0. The first-order valence-electron chi connectivity index (χ1n) is 19.6. The Kier molecular flexibility index (Phi) is 11.4. The second kappa shape index (κ2) is 16.4. The molecule has 4 heterocycles. The lowest BCUT2D eigenvalue weighted by Crippen LogP contribution is -2.27. The lowest BCUT2D eigenvalue weighted by molar-refractivity contribution is 0.0635. The number of nitrogens with one attached hydrogen (secondary N) is 1. The number of carbonyl (C=O) groups is 1. The maximum Gasteiger partial charge on any atom is 0.412 e. The van der Waals surface area contributed by atoms with Crippen LogP contribution in [0.5, 0.6) is 0 Å². The molecule has 0 spiro atoms. The molecule has 324 valence electrons. The molecule has 4 aromatic heterocycles. The predicted octanol–water partition coefficient (Wildman–Crippen LogP) is 10.6. The zero-order chi connectivity index (χ0) is 45.8. The molecular formula is C47H42F4N6O6. The van der Waals surface area contributed by atoms with Crippen molar-refractivity contribution in [1.82, 2.24) is 19.4 Å². The Hall–Kier alpha value is -7.49. The molecule has 63 heavy (non-hydrogen) atoms. The Morgan fingerprint density at radius 2 is 1.08 bits per heavy atom. The number of rotatable bonds is 5. The summed E-state index contributed by atoms with van der Waals surface area (Å²) in [5.41, 5.74) is 10.3. The van der Waals surface area contributed by atoms with Crippen molar-refractivity contribution in [2.75, 3.05) is 11.1 Å². The van der Waals surface area contributed by atoms with E-state index in [9.17, 15) is 27.6 Å². The molecule has 0 radical (unpaired) electrons. The van der Waals surface area contributed by atoms with Crippen LogP contribution in [0.25, 0.3) is 55.4 Å². The lowest BCUT2D eigenvalue weighted by atomic mass is 10.0. The third-order valence-electron chi connectivity index (χ3n) is 10.3. The van der Waals surface area contributed by atoms with Gasteiger partial charge in [0.1, 0.15) is 40.4 Å². The van der Waals surface area contributed by atoms with Crippen LogP contribution in [0.4, 0.5) is 33.7 Å². The van der Waals surface area contributed by atoms with E-state index in [2.05, 4.69) is 15.6 Å². The molecule has 0 fully saturated rings. The topological polar surface area (TPSA) is 160 Å². The fourth-order valence-electron chi connectivity index (χ4n) is 7.58. The van der Waals surface area contributed by atoms with Crippen LogP contribution in [0.1, 0.15) is 55.1 Å². The number of carbonyl (C=O) groups excluding carboxylic acids is 1. The molecule has 12 nitrogen and oxygen atoms in total. The first kappa shape index (κ1) is 43.6. The summed E-state index contributed by atoms with van der Waals surface area (Å²) < 4.78 is 76.7. The van der Waals surface area contributed by atoms with Gasteiger partial charge in [0.2, 0.25) is 0 Å². The minimum absolute atomic E-state index is 0.0455. The molecule has 8 rings (SSSR count). The van der Waals surface area contributed by atoms with Gasteiger partial charge >= 0.3 is 6.09 Å². The average molecular weight is 863 g/mol. The van der Waals surface area contributed by atoms with Gasteiger partial charge in [0.25, 0.3) is 0 Å². The number of nitrogens with two attached hydrogens (primary N) is 1. The minimum atomic E-state index is -0.962. The third kappa shape index (κ3) is 8.43. The van der Waals surface area contributed by atoms with E-state index in [1.807, 2.05) is 6.92 Å². The van der Waals surface area contributed by atoms with E-state index in [0.29, 0.717) is 62.2 Å². The van der Waals surface area contributed by atoms with Crippen LogP contribution in [0, 0.1) is 64.8 Å². The Bertz CT molecular complexity index is 3230. The lowest BCUT2D eigenvalue weighted by Gasteiger charge is -2.21. The zero-order valence-electron chi connectivity index (χ0n) is 35.8. The molecule has 0 saturated carbocycles. The number of halogens is 4. The van der Waals surface area contributed by atoms with E-state index < -0.39 is 35.0 Å². The van der Waals surface area contributed by atoms with E-state index in [4.69, 9.17) is 19.5 Å². The zero-order valence-corrected chi connectivity index (χ0v) is 35.8. The first-order chi connectivity index (χ1) is 29.6. The summed E-state index contributed by atoms with van der Waals surface area (Å²) in [6.07, 6.45) is -0.879. The molecule has 0 atom stereocenters. The molecule has 0 aliphatic heterocycles. The number of fused-ring (bicyclic) bond motifs is 2. The molecule has 0 unspecified atom stereocenters. The molecule has 4 aromatic carbocycles. The van der Waals surface area contributed by atoms with Crippen molar-refractivity contribution in [2.45, 2.75) is 67.9 Å². The van der Waals surface area contributed by atoms with Gasteiger partial charge in [-0.2, -0.15) is 0 Å². The highest BCUT2D eigenvalue weighted by atomic mass is 19.1. The number of nitrogen functional groups attached to an aromatic ring is 1. The summed E-state index contributed by atoms with van der Waals surface area (Å²) in [4.78, 5) is 37.4. The molecule has 3 N–H and O–H groups in total. The molecule has 16 heteroatoms. The number of nitrogens with zero attached hydrogens (tertiary/aromatic N) is 4. The van der Waals surface area contributed by atoms with Gasteiger partial charge in [0, 0.05) is 57.6 Å². The van der Waals surface area contributed by atoms with Crippen LogP contribution >= 0.6 is 0 Å². The largest absolute Gasteiger partial charge is 0.444 e. The summed E-state index contributed by atoms with van der Waals surface area (Å²) in [6, 6.07) is 17.0. The number of amides is 1. The number of aryl methyl sites for hydroxylation is 6. The van der Waals surface area contributed by atoms with Crippen LogP contribution in [-0.2, 0) is 4.74 Å². The number of ether oxygens (including phenoxy) is 1. The standard InChI is InChI=1S/C26H25F2N3O4.C21H17F2N3O2/c1-13-9-23(32)17-8-7-16(24-14(2)30-35-15(24)3)10-21(17)31(13)22-12-20(18(27)11-19(22)28)29-25(33)34-26(4,5)6;1-10-6-20(27)14-5-4-13(21-11(2)25-28-12(21)3)7-18(14)26(10)19-9-17(24)15(22)8-16(19)23/h7-12H,1-6H3,(H,29,33);4-9H,24H2,1-3H3. The first-order valence-corrected chi connectivity index (χ1v) is 19.6. The second-order valence-electron chi connectivity index (χ2n) is 16.1. The van der Waals surface area contributed by atoms with Gasteiger partial charge in [0.05, 0.1) is 45.2 Å². The number of anilines is 2. The highest BCUT2D eigenvalue weighted by molar-refractivity contribution is 5.89.